The fraction of sp³-hybridized carbons (Fsp3) is 0.185. The van der Waals surface area contributed by atoms with E-state index in [1.165, 1.54) is 11.8 Å². The number of pyridine rings is 1. The second kappa shape index (κ2) is 9.80. The van der Waals surface area contributed by atoms with Crippen molar-refractivity contribution in [3.05, 3.63) is 89.8 Å². The Morgan fingerprint density at radius 2 is 1.74 bits per heavy atom. The van der Waals surface area contributed by atoms with Crippen molar-refractivity contribution in [2.24, 2.45) is 0 Å². The van der Waals surface area contributed by atoms with Crippen molar-refractivity contribution in [2.45, 2.75) is 32.9 Å². The lowest BCUT2D eigenvalue weighted by atomic mass is 9.95. The maximum absolute atomic E-state index is 13.2. The van der Waals surface area contributed by atoms with E-state index in [4.69, 9.17) is 4.74 Å². The number of anilines is 2. The van der Waals surface area contributed by atoms with Crippen LogP contribution in [0.1, 0.15) is 37.9 Å². The number of aliphatic hydroxyl groups is 1. The SMILES string of the molecule is CC(=O)Nc1ccc(N2C(=O)C(=O)/C(=C(\O)c3cccc(OC(C)C)c3)C2c2ccncc2)cc1. The Hall–Kier alpha value is -4.46. The zero-order valence-electron chi connectivity index (χ0n) is 19.6. The summed E-state index contributed by atoms with van der Waals surface area (Å²) >= 11 is 0. The number of carbonyl (C=O) groups excluding carboxylic acids is 3. The zero-order chi connectivity index (χ0) is 25.1. The van der Waals surface area contributed by atoms with E-state index in [1.54, 1.807) is 73.1 Å². The smallest absolute Gasteiger partial charge is 0.300 e. The second-order valence-corrected chi connectivity index (χ2v) is 8.37. The Kier molecular flexibility index (Phi) is 6.64. The van der Waals surface area contributed by atoms with E-state index < -0.39 is 17.7 Å². The number of Topliss-reactive ketones (excluding diaryl/α,β-unsaturated/α-hetero) is 1. The van der Waals surface area contributed by atoms with Crippen molar-refractivity contribution in [3.63, 3.8) is 0 Å². The number of nitrogens with zero attached hydrogens (tertiary/aromatic N) is 2. The number of hydrogen-bond acceptors (Lipinski definition) is 6. The molecule has 1 aromatic heterocycles. The van der Waals surface area contributed by atoms with E-state index >= 15 is 0 Å². The molecular weight excluding hydrogens is 446 g/mol. The van der Waals surface area contributed by atoms with E-state index in [9.17, 15) is 19.5 Å². The lowest BCUT2D eigenvalue weighted by molar-refractivity contribution is -0.132. The minimum atomic E-state index is -0.876. The third-order valence-corrected chi connectivity index (χ3v) is 5.41. The molecule has 2 aromatic carbocycles. The molecule has 2 amide bonds. The van der Waals surface area contributed by atoms with Crippen LogP contribution >= 0.6 is 0 Å². The van der Waals surface area contributed by atoms with Gasteiger partial charge in [0.05, 0.1) is 17.7 Å². The average molecular weight is 472 g/mol. The van der Waals surface area contributed by atoms with Gasteiger partial charge in [0.15, 0.2) is 0 Å². The lowest BCUT2D eigenvalue weighted by Crippen LogP contribution is -2.29. The van der Waals surface area contributed by atoms with Crippen molar-refractivity contribution in [1.29, 1.82) is 0 Å². The normalized spacial score (nSPS) is 17.0. The quantitative estimate of drug-likeness (QED) is 0.312. The Morgan fingerprint density at radius 3 is 2.37 bits per heavy atom. The fourth-order valence-corrected chi connectivity index (χ4v) is 4.01. The van der Waals surface area contributed by atoms with Crippen LogP contribution in [0.5, 0.6) is 5.75 Å². The van der Waals surface area contributed by atoms with Gasteiger partial charge in [-0.2, -0.15) is 0 Å². The number of aliphatic hydroxyl groups excluding tert-OH is 1. The zero-order valence-corrected chi connectivity index (χ0v) is 19.6. The van der Waals surface area contributed by atoms with E-state index in [0.717, 1.165) is 0 Å². The van der Waals surface area contributed by atoms with Crippen LogP contribution in [0.25, 0.3) is 5.76 Å². The Balaban J connectivity index is 1.84. The molecule has 3 aromatic rings. The highest BCUT2D eigenvalue weighted by molar-refractivity contribution is 6.51. The number of benzene rings is 2. The predicted molar refractivity (Wildman–Crippen MR) is 132 cm³/mol. The minimum Gasteiger partial charge on any atom is -0.507 e. The van der Waals surface area contributed by atoms with Gasteiger partial charge in [-0.3, -0.25) is 24.3 Å². The molecule has 0 bridgehead atoms. The van der Waals surface area contributed by atoms with Crippen LogP contribution in [0.15, 0.2) is 78.6 Å². The average Bonchev–Trinajstić information content (AvgIpc) is 3.09. The van der Waals surface area contributed by atoms with Gasteiger partial charge in [-0.05, 0) is 67.9 Å². The van der Waals surface area contributed by atoms with Gasteiger partial charge in [0.1, 0.15) is 11.5 Å². The van der Waals surface area contributed by atoms with E-state index in [1.807, 2.05) is 13.8 Å². The molecule has 8 nitrogen and oxygen atoms in total. The summed E-state index contributed by atoms with van der Waals surface area (Å²) in [7, 11) is 0. The third-order valence-electron chi connectivity index (χ3n) is 5.41. The maximum atomic E-state index is 13.2. The van der Waals surface area contributed by atoms with Crippen LogP contribution in [0.2, 0.25) is 0 Å². The molecule has 2 heterocycles. The lowest BCUT2D eigenvalue weighted by Gasteiger charge is -2.25. The van der Waals surface area contributed by atoms with Crippen LogP contribution in [0.4, 0.5) is 11.4 Å². The predicted octanol–water partition coefficient (Wildman–Crippen LogP) is 4.45. The number of aromatic nitrogens is 1. The van der Waals surface area contributed by atoms with Crippen LogP contribution in [-0.2, 0) is 14.4 Å². The molecule has 8 heteroatoms. The molecular formula is C27H25N3O5. The Bertz CT molecular complexity index is 1300. The minimum absolute atomic E-state index is 0.0335. The van der Waals surface area contributed by atoms with Gasteiger partial charge in [-0.15, -0.1) is 0 Å². The number of rotatable bonds is 6. The van der Waals surface area contributed by atoms with Gasteiger partial charge < -0.3 is 15.2 Å². The topological polar surface area (TPSA) is 109 Å². The fourth-order valence-electron chi connectivity index (χ4n) is 4.01. The first-order valence-electron chi connectivity index (χ1n) is 11.1. The third kappa shape index (κ3) is 4.91. The van der Waals surface area contributed by atoms with E-state index in [0.29, 0.717) is 28.3 Å². The molecule has 1 aliphatic heterocycles. The van der Waals surface area contributed by atoms with Gasteiger partial charge in [0.2, 0.25) is 5.91 Å². The molecule has 0 spiro atoms. The maximum Gasteiger partial charge on any atom is 0.300 e. The molecule has 0 saturated carbocycles. The van der Waals surface area contributed by atoms with Gasteiger partial charge in [-0.25, -0.2) is 0 Å². The molecule has 1 fully saturated rings. The second-order valence-electron chi connectivity index (χ2n) is 8.37. The monoisotopic (exact) mass is 471 g/mol. The molecule has 1 aliphatic rings. The van der Waals surface area contributed by atoms with Crippen LogP contribution in [0, 0.1) is 0 Å². The number of amides is 2. The largest absolute Gasteiger partial charge is 0.507 e. The number of nitrogens with one attached hydrogen (secondary N) is 1. The highest BCUT2D eigenvalue weighted by Gasteiger charge is 2.47. The Morgan fingerprint density at radius 1 is 1.06 bits per heavy atom. The molecule has 1 saturated heterocycles. The first-order valence-corrected chi connectivity index (χ1v) is 11.1. The van der Waals surface area contributed by atoms with Crippen molar-refractivity contribution < 1.29 is 24.2 Å². The molecule has 4 rings (SSSR count). The summed E-state index contributed by atoms with van der Waals surface area (Å²) in [6, 6.07) is 15.8. The molecule has 35 heavy (non-hydrogen) atoms. The first kappa shape index (κ1) is 23.7. The molecule has 1 unspecified atom stereocenters. The summed E-state index contributed by atoms with van der Waals surface area (Å²) in [5.74, 6) is -1.55. The molecule has 1 atom stereocenters. The van der Waals surface area contributed by atoms with Gasteiger partial charge in [0, 0.05) is 36.3 Å². The number of hydrogen-bond donors (Lipinski definition) is 2. The summed E-state index contributed by atoms with van der Waals surface area (Å²) in [5.41, 5.74) is 1.94. The van der Waals surface area contributed by atoms with Crippen LogP contribution < -0.4 is 15.0 Å². The molecule has 2 N–H and O–H groups in total. The first-order chi connectivity index (χ1) is 16.8. The summed E-state index contributed by atoms with van der Waals surface area (Å²) in [4.78, 5) is 43.2. The van der Waals surface area contributed by atoms with Crippen LogP contribution in [-0.4, -0.2) is 33.8 Å². The van der Waals surface area contributed by atoms with Gasteiger partial charge in [0.25, 0.3) is 11.7 Å². The summed E-state index contributed by atoms with van der Waals surface area (Å²) < 4.78 is 5.72. The molecule has 0 aliphatic carbocycles. The van der Waals surface area contributed by atoms with Crippen LogP contribution in [0.3, 0.4) is 0 Å². The number of carbonyl (C=O) groups is 3. The highest BCUT2D eigenvalue weighted by atomic mass is 16.5. The number of ether oxygens (including phenoxy) is 1. The van der Waals surface area contributed by atoms with E-state index in [2.05, 4.69) is 10.3 Å². The van der Waals surface area contributed by atoms with Crippen molar-refractivity contribution in [3.8, 4) is 5.75 Å². The summed E-state index contributed by atoms with van der Waals surface area (Å²) in [5, 5.41) is 13.9. The van der Waals surface area contributed by atoms with Crippen molar-refractivity contribution in [1.82, 2.24) is 4.98 Å². The highest BCUT2D eigenvalue weighted by Crippen LogP contribution is 2.42. The van der Waals surface area contributed by atoms with Gasteiger partial charge >= 0.3 is 0 Å². The van der Waals surface area contributed by atoms with Crippen molar-refractivity contribution >= 4 is 34.7 Å². The molecule has 0 radical (unpaired) electrons. The van der Waals surface area contributed by atoms with Crippen molar-refractivity contribution in [2.75, 3.05) is 10.2 Å². The summed E-state index contributed by atoms with van der Waals surface area (Å²) in [6.45, 7) is 5.18. The standard InChI is InChI=1S/C27H25N3O5/c1-16(2)35-22-6-4-5-19(15-22)25(32)23-24(18-11-13-28-14-12-18)30(27(34)26(23)33)21-9-7-20(8-10-21)29-17(3)31/h4-16,24,32H,1-3H3,(H,29,31)/b25-23-. The molecule has 178 valence electrons. The van der Waals surface area contributed by atoms with Gasteiger partial charge in [-0.1, -0.05) is 12.1 Å². The summed E-state index contributed by atoms with van der Waals surface area (Å²) in [6.07, 6.45) is 3.05. The number of ketones is 1. The Labute approximate surface area is 202 Å². The van der Waals surface area contributed by atoms with E-state index in [-0.39, 0.29) is 23.3 Å².